The van der Waals surface area contributed by atoms with E-state index in [1.807, 2.05) is 0 Å². The molecule has 0 spiro atoms. The Hall–Kier alpha value is -1.55. The first-order valence-electron chi connectivity index (χ1n) is 6.78. The summed E-state index contributed by atoms with van der Waals surface area (Å²) in [4.78, 5) is 13.9. The van der Waals surface area contributed by atoms with E-state index in [1.165, 1.54) is 5.56 Å². The maximum absolute atomic E-state index is 11.8. The standard InChI is InChI=1S/C15H23N3O/c1-15(2,3)11-4-6-12(7-5-11)18-9-8-17-14(19)13(18)10-16/h4-7,13H,8-10,16H2,1-3H3,(H,17,19). The average molecular weight is 261 g/mol. The van der Waals surface area contributed by atoms with Gasteiger partial charge in [-0.3, -0.25) is 4.79 Å². The first kappa shape index (κ1) is 13.9. The summed E-state index contributed by atoms with van der Waals surface area (Å²) < 4.78 is 0. The Labute approximate surface area is 115 Å². The van der Waals surface area contributed by atoms with Crippen LogP contribution in [0.25, 0.3) is 0 Å². The van der Waals surface area contributed by atoms with Crippen LogP contribution in [0.1, 0.15) is 26.3 Å². The van der Waals surface area contributed by atoms with Crippen LogP contribution in [0.3, 0.4) is 0 Å². The lowest BCUT2D eigenvalue weighted by atomic mass is 9.87. The summed E-state index contributed by atoms with van der Waals surface area (Å²) in [5.41, 5.74) is 8.22. The SMILES string of the molecule is CC(C)(C)c1ccc(N2CCNC(=O)C2CN)cc1. The normalized spacial score (nSPS) is 20.3. The van der Waals surface area contributed by atoms with E-state index in [0.717, 1.165) is 12.2 Å². The smallest absolute Gasteiger partial charge is 0.244 e. The number of carbonyl (C=O) groups excluding carboxylic acids is 1. The van der Waals surface area contributed by atoms with Gasteiger partial charge in [0.2, 0.25) is 5.91 Å². The van der Waals surface area contributed by atoms with Crippen molar-refractivity contribution in [1.29, 1.82) is 0 Å². The van der Waals surface area contributed by atoms with Crippen molar-refractivity contribution in [3.63, 3.8) is 0 Å². The zero-order valence-electron chi connectivity index (χ0n) is 11.9. The number of benzene rings is 1. The molecule has 0 aliphatic carbocycles. The minimum Gasteiger partial charge on any atom is -0.357 e. The van der Waals surface area contributed by atoms with Crippen LogP contribution in [0, 0.1) is 0 Å². The van der Waals surface area contributed by atoms with Gasteiger partial charge in [-0.15, -0.1) is 0 Å². The Kier molecular flexibility index (Phi) is 3.80. The van der Waals surface area contributed by atoms with Crippen LogP contribution in [0.4, 0.5) is 5.69 Å². The highest BCUT2D eigenvalue weighted by atomic mass is 16.2. The maximum atomic E-state index is 11.8. The van der Waals surface area contributed by atoms with Crippen molar-refractivity contribution in [1.82, 2.24) is 5.32 Å². The molecular formula is C15H23N3O. The van der Waals surface area contributed by atoms with E-state index in [9.17, 15) is 4.79 Å². The molecule has 0 saturated carbocycles. The van der Waals surface area contributed by atoms with E-state index in [1.54, 1.807) is 0 Å². The summed E-state index contributed by atoms with van der Waals surface area (Å²) in [5.74, 6) is 0.0219. The van der Waals surface area contributed by atoms with Gasteiger partial charge in [0.15, 0.2) is 0 Å². The fourth-order valence-electron chi connectivity index (χ4n) is 2.41. The van der Waals surface area contributed by atoms with Gasteiger partial charge in [0, 0.05) is 25.3 Å². The first-order chi connectivity index (χ1) is 8.93. The zero-order chi connectivity index (χ0) is 14.0. The van der Waals surface area contributed by atoms with Crippen molar-refractivity contribution in [2.75, 3.05) is 24.5 Å². The summed E-state index contributed by atoms with van der Waals surface area (Å²) in [6.07, 6.45) is 0. The van der Waals surface area contributed by atoms with Crippen LogP contribution in [0.15, 0.2) is 24.3 Å². The number of nitrogens with two attached hydrogens (primary N) is 1. The van der Waals surface area contributed by atoms with Gasteiger partial charge in [-0.05, 0) is 23.1 Å². The highest BCUT2D eigenvalue weighted by molar-refractivity contribution is 5.86. The molecule has 0 bridgehead atoms. The first-order valence-corrected chi connectivity index (χ1v) is 6.78. The number of carbonyl (C=O) groups is 1. The van der Waals surface area contributed by atoms with Crippen LogP contribution >= 0.6 is 0 Å². The molecule has 2 rings (SSSR count). The Morgan fingerprint density at radius 2 is 1.95 bits per heavy atom. The molecule has 3 N–H and O–H groups in total. The van der Waals surface area contributed by atoms with Gasteiger partial charge in [-0.2, -0.15) is 0 Å². The summed E-state index contributed by atoms with van der Waals surface area (Å²) in [6.45, 7) is 8.41. The van der Waals surface area contributed by atoms with E-state index in [2.05, 4.69) is 55.3 Å². The molecule has 1 saturated heterocycles. The predicted octanol–water partition coefficient (Wildman–Crippen LogP) is 1.25. The number of hydrogen-bond acceptors (Lipinski definition) is 3. The van der Waals surface area contributed by atoms with Gasteiger partial charge in [0.25, 0.3) is 0 Å². The van der Waals surface area contributed by atoms with E-state index in [0.29, 0.717) is 13.1 Å². The Morgan fingerprint density at radius 1 is 1.32 bits per heavy atom. The van der Waals surface area contributed by atoms with Gasteiger partial charge in [0.1, 0.15) is 6.04 Å². The molecule has 1 atom stereocenters. The quantitative estimate of drug-likeness (QED) is 0.842. The summed E-state index contributed by atoms with van der Waals surface area (Å²) in [7, 11) is 0. The van der Waals surface area contributed by atoms with E-state index in [4.69, 9.17) is 5.73 Å². The number of hydrogen-bond donors (Lipinski definition) is 2. The van der Waals surface area contributed by atoms with Crippen molar-refractivity contribution >= 4 is 11.6 Å². The van der Waals surface area contributed by atoms with Crippen LogP contribution in [0.2, 0.25) is 0 Å². The Morgan fingerprint density at radius 3 is 2.47 bits per heavy atom. The number of nitrogens with zero attached hydrogens (tertiary/aromatic N) is 1. The topological polar surface area (TPSA) is 58.4 Å². The van der Waals surface area contributed by atoms with Gasteiger partial charge < -0.3 is 16.0 Å². The number of anilines is 1. The van der Waals surface area contributed by atoms with Gasteiger partial charge in [-0.25, -0.2) is 0 Å². The van der Waals surface area contributed by atoms with Crippen molar-refractivity contribution in [2.24, 2.45) is 5.73 Å². The minimum absolute atomic E-state index is 0.0219. The number of nitrogens with one attached hydrogen (secondary N) is 1. The molecule has 1 aromatic rings. The van der Waals surface area contributed by atoms with E-state index >= 15 is 0 Å². The molecular weight excluding hydrogens is 238 g/mol. The fourth-order valence-corrected chi connectivity index (χ4v) is 2.41. The van der Waals surface area contributed by atoms with Crippen LogP contribution in [0.5, 0.6) is 0 Å². The lowest BCUT2D eigenvalue weighted by Crippen LogP contribution is -2.58. The molecule has 1 aliphatic rings. The molecule has 104 valence electrons. The zero-order valence-corrected chi connectivity index (χ0v) is 11.9. The molecule has 1 unspecified atom stereocenters. The van der Waals surface area contributed by atoms with E-state index < -0.39 is 0 Å². The summed E-state index contributed by atoms with van der Waals surface area (Å²) in [6, 6.07) is 8.18. The second kappa shape index (κ2) is 5.21. The molecule has 4 nitrogen and oxygen atoms in total. The van der Waals surface area contributed by atoms with Gasteiger partial charge >= 0.3 is 0 Å². The van der Waals surface area contributed by atoms with Crippen LogP contribution < -0.4 is 16.0 Å². The summed E-state index contributed by atoms with van der Waals surface area (Å²) in [5, 5.41) is 2.86. The van der Waals surface area contributed by atoms with Gasteiger partial charge in [-0.1, -0.05) is 32.9 Å². The number of amides is 1. The molecule has 0 aromatic heterocycles. The molecule has 4 heteroatoms. The number of piperazine rings is 1. The lowest BCUT2D eigenvalue weighted by Gasteiger charge is -2.36. The third-order valence-electron chi connectivity index (χ3n) is 3.62. The van der Waals surface area contributed by atoms with Crippen molar-refractivity contribution in [3.05, 3.63) is 29.8 Å². The third kappa shape index (κ3) is 2.89. The molecule has 19 heavy (non-hydrogen) atoms. The molecule has 1 heterocycles. The van der Waals surface area contributed by atoms with Crippen LogP contribution in [-0.2, 0) is 10.2 Å². The van der Waals surface area contributed by atoms with Crippen molar-refractivity contribution in [3.8, 4) is 0 Å². The Balaban J connectivity index is 2.23. The number of rotatable bonds is 2. The minimum atomic E-state index is -0.255. The fraction of sp³-hybridized carbons (Fsp3) is 0.533. The van der Waals surface area contributed by atoms with Crippen molar-refractivity contribution in [2.45, 2.75) is 32.2 Å². The molecule has 1 aliphatic heterocycles. The van der Waals surface area contributed by atoms with Gasteiger partial charge in [0.05, 0.1) is 0 Å². The second-order valence-corrected chi connectivity index (χ2v) is 6.03. The largest absolute Gasteiger partial charge is 0.357 e. The second-order valence-electron chi connectivity index (χ2n) is 6.03. The molecule has 0 radical (unpaired) electrons. The van der Waals surface area contributed by atoms with Crippen LogP contribution in [-0.4, -0.2) is 31.6 Å². The molecule has 1 fully saturated rings. The predicted molar refractivity (Wildman–Crippen MR) is 78.3 cm³/mol. The van der Waals surface area contributed by atoms with Crippen molar-refractivity contribution < 1.29 is 4.79 Å². The maximum Gasteiger partial charge on any atom is 0.244 e. The third-order valence-corrected chi connectivity index (χ3v) is 3.62. The summed E-state index contributed by atoms with van der Waals surface area (Å²) >= 11 is 0. The van der Waals surface area contributed by atoms with E-state index in [-0.39, 0.29) is 17.4 Å². The highest BCUT2D eigenvalue weighted by Gasteiger charge is 2.28. The monoisotopic (exact) mass is 261 g/mol. The molecule has 1 aromatic carbocycles. The highest BCUT2D eigenvalue weighted by Crippen LogP contribution is 2.26. The average Bonchev–Trinajstić information content (AvgIpc) is 2.37. The lowest BCUT2D eigenvalue weighted by molar-refractivity contribution is -0.123. The Bertz CT molecular complexity index is 447. The molecule has 1 amide bonds.